The molecular weight excluding hydrogens is 318 g/mol. The van der Waals surface area contributed by atoms with Crippen molar-refractivity contribution in [2.24, 2.45) is 11.8 Å². The van der Waals surface area contributed by atoms with Crippen molar-refractivity contribution >= 4 is 27.5 Å². The number of fused-ring (bicyclic) bond motifs is 1. The number of hydrogen-bond acceptors (Lipinski definition) is 4. The van der Waals surface area contributed by atoms with Crippen LogP contribution in [0.15, 0.2) is 24.3 Å². The minimum Gasteiger partial charge on any atom is -0.352 e. The number of rotatable bonds is 5. The van der Waals surface area contributed by atoms with Crippen LogP contribution in [0.1, 0.15) is 38.1 Å². The zero-order chi connectivity index (χ0) is 17.1. The van der Waals surface area contributed by atoms with E-state index in [0.717, 1.165) is 16.9 Å². The molecule has 1 aromatic carbocycles. The molecule has 3 rings (SSSR count). The highest BCUT2D eigenvalue weighted by Gasteiger charge is 2.28. The maximum absolute atomic E-state index is 12.4. The molecule has 130 valence electrons. The molecule has 1 aromatic heterocycles. The Morgan fingerprint density at radius 3 is 2.92 bits per heavy atom. The number of carbonyl (C=O) groups excluding carboxylic acids is 1. The van der Waals surface area contributed by atoms with Gasteiger partial charge in [-0.15, -0.1) is 11.3 Å². The number of para-hydroxylation sites is 1. The number of amides is 1. The van der Waals surface area contributed by atoms with E-state index in [2.05, 4.69) is 30.2 Å². The lowest BCUT2D eigenvalue weighted by Crippen LogP contribution is -2.46. The number of carbonyl (C=O) groups is 1. The lowest BCUT2D eigenvalue weighted by Gasteiger charge is -2.34. The van der Waals surface area contributed by atoms with E-state index in [4.69, 9.17) is 0 Å². The van der Waals surface area contributed by atoms with Gasteiger partial charge in [-0.05, 0) is 37.4 Å². The first-order valence-electron chi connectivity index (χ1n) is 8.85. The normalized spacial score (nSPS) is 24.4. The van der Waals surface area contributed by atoms with Gasteiger partial charge in [0.05, 0.1) is 23.3 Å². The molecule has 3 atom stereocenters. The van der Waals surface area contributed by atoms with Crippen LogP contribution in [0.5, 0.6) is 0 Å². The minimum atomic E-state index is 0.129. The van der Waals surface area contributed by atoms with E-state index in [1.807, 2.05) is 30.1 Å². The fourth-order valence-electron chi connectivity index (χ4n) is 3.56. The van der Waals surface area contributed by atoms with Crippen LogP contribution in [0.25, 0.3) is 10.2 Å². The molecule has 1 aliphatic carbocycles. The van der Waals surface area contributed by atoms with Crippen LogP contribution >= 0.6 is 11.3 Å². The van der Waals surface area contributed by atoms with Crippen molar-refractivity contribution in [3.63, 3.8) is 0 Å². The molecule has 0 spiro atoms. The Balaban J connectivity index is 1.52. The Hall–Kier alpha value is -1.46. The molecule has 1 saturated carbocycles. The van der Waals surface area contributed by atoms with Gasteiger partial charge in [0, 0.05) is 6.04 Å². The van der Waals surface area contributed by atoms with E-state index in [1.54, 1.807) is 11.3 Å². The molecule has 0 bridgehead atoms. The van der Waals surface area contributed by atoms with Gasteiger partial charge in [-0.25, -0.2) is 4.98 Å². The highest BCUT2D eigenvalue weighted by atomic mass is 32.1. The summed E-state index contributed by atoms with van der Waals surface area (Å²) in [6.07, 6.45) is 3.61. The summed E-state index contributed by atoms with van der Waals surface area (Å²) in [5.41, 5.74) is 1.04. The number of benzene rings is 1. The van der Waals surface area contributed by atoms with Crippen molar-refractivity contribution in [2.45, 2.75) is 45.7 Å². The minimum absolute atomic E-state index is 0.129. The maximum Gasteiger partial charge on any atom is 0.234 e. The first-order valence-corrected chi connectivity index (χ1v) is 9.67. The number of nitrogens with one attached hydrogen (secondary N) is 1. The predicted molar refractivity (Wildman–Crippen MR) is 100 cm³/mol. The summed E-state index contributed by atoms with van der Waals surface area (Å²) in [5, 5.41) is 4.31. The van der Waals surface area contributed by atoms with Crippen LogP contribution in [0, 0.1) is 11.8 Å². The molecule has 1 fully saturated rings. The molecule has 0 saturated heterocycles. The molecule has 4 nitrogen and oxygen atoms in total. The van der Waals surface area contributed by atoms with Gasteiger partial charge < -0.3 is 5.32 Å². The average molecular weight is 346 g/mol. The SMILES string of the molecule is C[C@@H]1[C@H](C)CCC[C@H]1NC(=O)CN(C)Cc1nc2ccccc2s1. The second-order valence-corrected chi connectivity index (χ2v) is 8.30. The molecule has 1 aliphatic rings. The van der Waals surface area contributed by atoms with Crippen molar-refractivity contribution < 1.29 is 4.79 Å². The smallest absolute Gasteiger partial charge is 0.234 e. The van der Waals surface area contributed by atoms with Crippen LogP contribution in [0.2, 0.25) is 0 Å². The Morgan fingerprint density at radius 2 is 2.12 bits per heavy atom. The molecule has 5 heteroatoms. The van der Waals surface area contributed by atoms with Crippen LogP contribution < -0.4 is 5.32 Å². The van der Waals surface area contributed by atoms with Crippen molar-refractivity contribution in [3.05, 3.63) is 29.3 Å². The van der Waals surface area contributed by atoms with E-state index in [-0.39, 0.29) is 5.91 Å². The van der Waals surface area contributed by atoms with Crippen LogP contribution in [0.4, 0.5) is 0 Å². The van der Waals surface area contributed by atoms with E-state index in [0.29, 0.717) is 31.0 Å². The number of hydrogen-bond donors (Lipinski definition) is 1. The summed E-state index contributed by atoms with van der Waals surface area (Å²) in [4.78, 5) is 19.1. The third kappa shape index (κ3) is 4.14. The third-order valence-electron chi connectivity index (χ3n) is 5.21. The maximum atomic E-state index is 12.4. The Kier molecular flexibility index (Phi) is 5.51. The molecule has 24 heavy (non-hydrogen) atoms. The molecule has 0 aliphatic heterocycles. The zero-order valence-corrected chi connectivity index (χ0v) is 15.6. The summed E-state index contributed by atoms with van der Waals surface area (Å²) in [5.74, 6) is 1.39. The van der Waals surface area contributed by atoms with Gasteiger partial charge in [0.15, 0.2) is 0 Å². The Labute approximate surface area is 148 Å². The summed E-state index contributed by atoms with van der Waals surface area (Å²) < 4.78 is 1.20. The Morgan fingerprint density at radius 1 is 1.33 bits per heavy atom. The molecule has 0 radical (unpaired) electrons. The van der Waals surface area contributed by atoms with Gasteiger partial charge in [-0.2, -0.15) is 0 Å². The predicted octanol–water partition coefficient (Wildman–Crippen LogP) is 3.67. The van der Waals surface area contributed by atoms with Crippen molar-refractivity contribution in [2.75, 3.05) is 13.6 Å². The number of likely N-dealkylation sites (N-methyl/N-ethyl adjacent to an activating group) is 1. The lowest BCUT2D eigenvalue weighted by atomic mass is 9.78. The van der Waals surface area contributed by atoms with E-state index in [1.165, 1.54) is 17.5 Å². The molecule has 1 amide bonds. The highest BCUT2D eigenvalue weighted by Crippen LogP contribution is 2.29. The standard InChI is InChI=1S/C19H27N3OS/c1-13-7-6-9-15(14(13)2)20-18(23)11-22(3)12-19-21-16-8-4-5-10-17(16)24-19/h4-5,8,10,13-15H,6-7,9,11-12H2,1-3H3,(H,20,23)/t13-,14-,15-/m1/s1. The highest BCUT2D eigenvalue weighted by molar-refractivity contribution is 7.18. The number of thiazole rings is 1. The molecule has 2 aromatic rings. The van der Waals surface area contributed by atoms with Crippen LogP contribution in [0.3, 0.4) is 0 Å². The number of nitrogens with zero attached hydrogens (tertiary/aromatic N) is 2. The van der Waals surface area contributed by atoms with Gasteiger partial charge in [-0.3, -0.25) is 9.69 Å². The monoisotopic (exact) mass is 345 g/mol. The first-order chi connectivity index (χ1) is 11.5. The average Bonchev–Trinajstić information content (AvgIpc) is 2.93. The summed E-state index contributed by atoms with van der Waals surface area (Å²) in [6.45, 7) is 5.69. The second kappa shape index (κ2) is 7.62. The summed E-state index contributed by atoms with van der Waals surface area (Å²) in [7, 11) is 1.98. The summed E-state index contributed by atoms with van der Waals surface area (Å²) in [6, 6.07) is 8.50. The zero-order valence-electron chi connectivity index (χ0n) is 14.8. The van der Waals surface area contributed by atoms with Gasteiger partial charge >= 0.3 is 0 Å². The van der Waals surface area contributed by atoms with Gasteiger partial charge in [-0.1, -0.05) is 38.8 Å². The molecule has 1 N–H and O–H groups in total. The van der Waals surface area contributed by atoms with Crippen molar-refractivity contribution in [1.82, 2.24) is 15.2 Å². The fourth-order valence-corrected chi connectivity index (χ4v) is 4.61. The van der Waals surface area contributed by atoms with Crippen LogP contribution in [-0.4, -0.2) is 35.4 Å². The summed E-state index contributed by atoms with van der Waals surface area (Å²) >= 11 is 1.70. The second-order valence-electron chi connectivity index (χ2n) is 7.19. The third-order valence-corrected chi connectivity index (χ3v) is 6.23. The Bertz CT molecular complexity index is 666. The fraction of sp³-hybridized carbons (Fsp3) is 0.579. The molecule has 1 heterocycles. The van der Waals surface area contributed by atoms with Crippen molar-refractivity contribution in [1.29, 1.82) is 0 Å². The van der Waals surface area contributed by atoms with E-state index < -0.39 is 0 Å². The van der Waals surface area contributed by atoms with E-state index >= 15 is 0 Å². The van der Waals surface area contributed by atoms with Gasteiger partial charge in [0.1, 0.15) is 5.01 Å². The lowest BCUT2D eigenvalue weighted by molar-refractivity contribution is -0.123. The molecular formula is C19H27N3OS. The van der Waals surface area contributed by atoms with Gasteiger partial charge in [0.25, 0.3) is 0 Å². The largest absolute Gasteiger partial charge is 0.352 e. The molecule has 0 unspecified atom stereocenters. The number of aromatic nitrogens is 1. The van der Waals surface area contributed by atoms with E-state index in [9.17, 15) is 4.79 Å². The first kappa shape index (κ1) is 17.4. The quantitative estimate of drug-likeness (QED) is 0.899. The van der Waals surface area contributed by atoms with Crippen LogP contribution in [-0.2, 0) is 11.3 Å². The van der Waals surface area contributed by atoms with Gasteiger partial charge in [0.2, 0.25) is 5.91 Å². The van der Waals surface area contributed by atoms with Crippen molar-refractivity contribution in [3.8, 4) is 0 Å². The topological polar surface area (TPSA) is 45.2 Å².